The minimum atomic E-state index is -2.48. The van der Waals surface area contributed by atoms with Crippen molar-refractivity contribution in [1.82, 2.24) is 0 Å². The second-order valence-electron chi connectivity index (χ2n) is 0.750. The molecule has 0 aliphatic rings. The molecule has 0 fully saturated rings. The van der Waals surface area contributed by atoms with Gasteiger partial charge in [-0.2, -0.15) is 8.42 Å². The largest absolute Gasteiger partial charge is 0.394 e. The molecule has 0 heterocycles. The van der Waals surface area contributed by atoms with Crippen LogP contribution in [0.5, 0.6) is 0 Å². The molecule has 43 valence electrons. The fraction of sp³-hybridized carbons (Fsp3) is 1.00. The lowest BCUT2D eigenvalue weighted by atomic mass is 10.8. The molecule has 0 spiro atoms. The van der Waals surface area contributed by atoms with Gasteiger partial charge in [0.2, 0.25) is 0 Å². The lowest BCUT2D eigenvalue weighted by Crippen LogP contribution is -1.95. The van der Waals surface area contributed by atoms with E-state index < -0.39 is 11.0 Å². The van der Waals surface area contributed by atoms with Crippen LogP contribution in [0.4, 0.5) is 0 Å². The number of aliphatic hydroxyl groups excluding tert-OH is 1. The highest BCUT2D eigenvalue weighted by atomic mass is 32.2. The molecular weight excluding hydrogens is 120 g/mol. The molecule has 1 radical (unpaired) electrons. The van der Waals surface area contributed by atoms with Gasteiger partial charge < -0.3 is 5.11 Å². The van der Waals surface area contributed by atoms with Crippen LogP contribution in [0, 0.1) is 0 Å². The SMILES string of the molecule is O=[S](=O)OCCO. The summed E-state index contributed by atoms with van der Waals surface area (Å²) in [4.78, 5) is 0. The van der Waals surface area contributed by atoms with Crippen LogP contribution in [0.15, 0.2) is 0 Å². The first kappa shape index (κ1) is 6.74. The molecule has 0 aromatic heterocycles. The van der Waals surface area contributed by atoms with Crippen molar-refractivity contribution in [2.75, 3.05) is 13.2 Å². The molecule has 0 atom stereocenters. The zero-order valence-electron chi connectivity index (χ0n) is 3.49. The molecule has 0 rings (SSSR count). The highest BCUT2D eigenvalue weighted by molar-refractivity contribution is 7.67. The predicted molar refractivity (Wildman–Crippen MR) is 22.0 cm³/mol. The van der Waals surface area contributed by atoms with Gasteiger partial charge in [0.25, 0.3) is 0 Å². The third kappa shape index (κ3) is 5.74. The Hall–Kier alpha value is -0.260. The lowest BCUT2D eigenvalue weighted by molar-refractivity contribution is 0.210. The number of rotatable bonds is 3. The smallest absolute Gasteiger partial charge is 0.335 e. The van der Waals surface area contributed by atoms with Crippen LogP contribution >= 0.6 is 0 Å². The van der Waals surface area contributed by atoms with E-state index in [9.17, 15) is 8.42 Å². The van der Waals surface area contributed by atoms with E-state index in [1.54, 1.807) is 0 Å². The van der Waals surface area contributed by atoms with E-state index in [1.807, 2.05) is 0 Å². The Kier molecular flexibility index (Phi) is 3.77. The van der Waals surface area contributed by atoms with Crippen molar-refractivity contribution < 1.29 is 17.7 Å². The van der Waals surface area contributed by atoms with Crippen LogP contribution in [0.3, 0.4) is 0 Å². The van der Waals surface area contributed by atoms with E-state index in [0.717, 1.165) is 0 Å². The third-order valence-electron chi connectivity index (χ3n) is 0.271. The predicted octanol–water partition coefficient (Wildman–Crippen LogP) is -1.21. The van der Waals surface area contributed by atoms with Gasteiger partial charge in [0.15, 0.2) is 0 Å². The Morgan fingerprint density at radius 1 is 1.57 bits per heavy atom. The van der Waals surface area contributed by atoms with E-state index in [-0.39, 0.29) is 13.2 Å². The molecule has 5 heteroatoms. The summed E-state index contributed by atoms with van der Waals surface area (Å²) in [5, 5.41) is 7.92. The highest BCUT2D eigenvalue weighted by Gasteiger charge is 1.82. The average Bonchev–Trinajstić information content (AvgIpc) is 1.61. The van der Waals surface area contributed by atoms with Crippen molar-refractivity contribution >= 4 is 11.0 Å². The first-order valence-corrected chi connectivity index (χ1v) is 2.60. The molecular formula is C2H5O4S. The number of aliphatic hydroxyl groups is 1. The van der Waals surface area contributed by atoms with Crippen molar-refractivity contribution in [2.45, 2.75) is 0 Å². The monoisotopic (exact) mass is 125 g/mol. The molecule has 0 saturated heterocycles. The molecule has 0 aliphatic heterocycles. The van der Waals surface area contributed by atoms with Gasteiger partial charge in [-0.1, -0.05) is 0 Å². The van der Waals surface area contributed by atoms with Crippen LogP contribution in [0.25, 0.3) is 0 Å². The molecule has 0 bridgehead atoms. The summed E-state index contributed by atoms with van der Waals surface area (Å²) in [5.74, 6) is 0. The summed E-state index contributed by atoms with van der Waals surface area (Å²) in [7, 11) is -2.48. The minimum absolute atomic E-state index is 0.157. The van der Waals surface area contributed by atoms with Crippen molar-refractivity contribution in [3.63, 3.8) is 0 Å². The van der Waals surface area contributed by atoms with Crippen LogP contribution in [-0.4, -0.2) is 26.7 Å². The van der Waals surface area contributed by atoms with Gasteiger partial charge in [0.1, 0.15) is 0 Å². The Morgan fingerprint density at radius 3 is 2.29 bits per heavy atom. The van der Waals surface area contributed by atoms with Gasteiger partial charge in [-0.25, -0.2) is 4.18 Å². The quantitative estimate of drug-likeness (QED) is 0.514. The summed E-state index contributed by atoms with van der Waals surface area (Å²) in [6.45, 7) is -0.426. The summed E-state index contributed by atoms with van der Waals surface area (Å²) in [5.41, 5.74) is 0. The van der Waals surface area contributed by atoms with Gasteiger partial charge in [-0.15, -0.1) is 0 Å². The maximum absolute atomic E-state index is 9.42. The standard InChI is InChI=1S/C2H5O4S/c3-1-2-6-7(4)5/h3H,1-2H2. The second-order valence-corrected chi connectivity index (χ2v) is 1.39. The lowest BCUT2D eigenvalue weighted by Gasteiger charge is -1.82. The van der Waals surface area contributed by atoms with Crippen molar-refractivity contribution in [1.29, 1.82) is 0 Å². The average molecular weight is 125 g/mol. The Balaban J connectivity index is 2.98. The summed E-state index contributed by atoms with van der Waals surface area (Å²) >= 11 is 0. The molecule has 0 aromatic carbocycles. The van der Waals surface area contributed by atoms with E-state index in [1.165, 1.54) is 0 Å². The van der Waals surface area contributed by atoms with Crippen LogP contribution in [0.1, 0.15) is 0 Å². The van der Waals surface area contributed by atoms with Crippen molar-refractivity contribution in [3.05, 3.63) is 0 Å². The molecule has 0 aliphatic carbocycles. The summed E-state index contributed by atoms with van der Waals surface area (Å²) < 4.78 is 22.7. The van der Waals surface area contributed by atoms with E-state index >= 15 is 0 Å². The minimum Gasteiger partial charge on any atom is -0.394 e. The topological polar surface area (TPSA) is 63.6 Å². The molecule has 1 N–H and O–H groups in total. The molecule has 0 unspecified atom stereocenters. The van der Waals surface area contributed by atoms with E-state index in [4.69, 9.17) is 5.11 Å². The van der Waals surface area contributed by atoms with Gasteiger partial charge in [-0.3, -0.25) is 0 Å². The Morgan fingerprint density at radius 2 is 2.14 bits per heavy atom. The fourth-order valence-corrected chi connectivity index (χ4v) is 0.316. The van der Waals surface area contributed by atoms with Gasteiger partial charge in [-0.05, 0) is 0 Å². The zero-order chi connectivity index (χ0) is 5.70. The van der Waals surface area contributed by atoms with E-state index in [0.29, 0.717) is 0 Å². The van der Waals surface area contributed by atoms with Crippen LogP contribution < -0.4 is 0 Å². The van der Waals surface area contributed by atoms with Crippen LogP contribution in [0.2, 0.25) is 0 Å². The summed E-state index contributed by atoms with van der Waals surface area (Å²) in [6, 6.07) is 0. The first-order valence-electron chi connectivity index (χ1n) is 1.60. The second kappa shape index (κ2) is 3.91. The van der Waals surface area contributed by atoms with Gasteiger partial charge in [0.05, 0.1) is 13.2 Å². The third-order valence-corrected chi connectivity index (χ3v) is 0.630. The number of hydrogen-bond acceptors (Lipinski definition) is 4. The number of hydrogen-bond donors (Lipinski definition) is 1. The van der Waals surface area contributed by atoms with Gasteiger partial charge >= 0.3 is 11.0 Å². The normalized spacial score (nSPS) is 8.71. The van der Waals surface area contributed by atoms with Crippen molar-refractivity contribution in [3.8, 4) is 0 Å². The summed E-state index contributed by atoms with van der Waals surface area (Å²) in [6.07, 6.45) is 0. The van der Waals surface area contributed by atoms with Gasteiger partial charge in [0, 0.05) is 0 Å². The Bertz CT molecular complexity index is 87.9. The Labute approximate surface area is 42.9 Å². The molecule has 4 nitrogen and oxygen atoms in total. The highest BCUT2D eigenvalue weighted by Crippen LogP contribution is 1.67. The molecule has 0 aromatic rings. The first-order chi connectivity index (χ1) is 3.27. The molecule has 0 amide bonds. The maximum atomic E-state index is 9.42. The molecule has 7 heavy (non-hydrogen) atoms. The maximum Gasteiger partial charge on any atom is 0.335 e. The van der Waals surface area contributed by atoms with E-state index in [2.05, 4.69) is 4.18 Å². The molecule has 0 saturated carbocycles. The zero-order valence-corrected chi connectivity index (χ0v) is 4.31. The fourth-order valence-electron chi connectivity index (χ4n) is 0.105. The van der Waals surface area contributed by atoms with Crippen molar-refractivity contribution in [2.24, 2.45) is 0 Å². The van der Waals surface area contributed by atoms with Crippen LogP contribution in [-0.2, 0) is 15.2 Å².